The zero-order chi connectivity index (χ0) is 23.6. The Morgan fingerprint density at radius 3 is 2.66 bits per heavy atom. The van der Waals surface area contributed by atoms with Crippen LogP contribution in [0.3, 0.4) is 0 Å². The topological polar surface area (TPSA) is 100 Å². The van der Waals surface area contributed by atoms with Crippen molar-refractivity contribution in [2.24, 2.45) is 5.92 Å². The molecule has 3 rings (SSSR count). The van der Waals surface area contributed by atoms with E-state index < -0.39 is 28.0 Å². The van der Waals surface area contributed by atoms with E-state index in [1.54, 1.807) is 17.9 Å². The van der Waals surface area contributed by atoms with Crippen molar-refractivity contribution in [2.45, 2.75) is 30.9 Å². The number of nitrogens with zero attached hydrogens (tertiary/aromatic N) is 3. The number of carbonyl (C=O) groups excluding carboxylic acids is 1. The Hall–Kier alpha value is -2.08. The predicted octanol–water partition coefficient (Wildman–Crippen LogP) is 2.52. The molecule has 0 fully saturated rings. The lowest BCUT2D eigenvalue weighted by Gasteiger charge is -2.37. The first-order valence-corrected chi connectivity index (χ1v) is 12.2. The molecule has 2 aromatic rings. The standard InChI is InChI=1S/C21H25BrFN3O5S/c1-13-10-26(14(2)12-27)21(28)18-8-15(22)9-24-20(18)31-19(13)11-25(3)32(29,30)17-6-4-16(23)5-7-17/h4-9,13-14,19,27H,10-12H2,1-3H3/t13-,14+,19+/m1/s1. The van der Waals surface area contributed by atoms with Crippen LogP contribution in [0, 0.1) is 11.7 Å². The molecule has 0 aliphatic carbocycles. The summed E-state index contributed by atoms with van der Waals surface area (Å²) >= 11 is 3.31. The molecule has 0 radical (unpaired) electrons. The van der Waals surface area contributed by atoms with Crippen molar-refractivity contribution in [3.8, 4) is 5.88 Å². The number of hydrogen-bond acceptors (Lipinski definition) is 6. The van der Waals surface area contributed by atoms with Gasteiger partial charge in [-0.25, -0.2) is 17.8 Å². The highest BCUT2D eigenvalue weighted by Crippen LogP contribution is 2.29. The van der Waals surface area contributed by atoms with E-state index >= 15 is 0 Å². The number of aromatic nitrogens is 1. The van der Waals surface area contributed by atoms with Crippen LogP contribution in [0.1, 0.15) is 24.2 Å². The molecular weight excluding hydrogens is 505 g/mol. The fourth-order valence-electron chi connectivity index (χ4n) is 3.43. The van der Waals surface area contributed by atoms with E-state index in [0.717, 1.165) is 16.4 Å². The smallest absolute Gasteiger partial charge is 0.259 e. The lowest BCUT2D eigenvalue weighted by atomic mass is 10.0. The molecule has 1 amide bonds. The number of fused-ring (bicyclic) bond motifs is 1. The van der Waals surface area contributed by atoms with Gasteiger partial charge in [0.25, 0.3) is 5.91 Å². The monoisotopic (exact) mass is 529 g/mol. The molecule has 1 aromatic carbocycles. The van der Waals surface area contributed by atoms with Gasteiger partial charge in [-0.15, -0.1) is 0 Å². The van der Waals surface area contributed by atoms with E-state index in [1.165, 1.54) is 25.4 Å². The SMILES string of the molecule is C[C@@H]1CN([C@@H](C)CO)C(=O)c2cc(Br)cnc2O[C@H]1CN(C)S(=O)(=O)c1ccc(F)cc1. The van der Waals surface area contributed by atoms with Gasteiger partial charge in [-0.2, -0.15) is 4.31 Å². The number of aliphatic hydroxyl groups is 1. The van der Waals surface area contributed by atoms with Crippen LogP contribution in [0.25, 0.3) is 0 Å². The number of halogens is 2. The number of aliphatic hydroxyl groups excluding tert-OH is 1. The van der Waals surface area contributed by atoms with Crippen LogP contribution in [0.5, 0.6) is 5.88 Å². The Morgan fingerprint density at radius 2 is 2.03 bits per heavy atom. The minimum atomic E-state index is -3.89. The van der Waals surface area contributed by atoms with Crippen molar-refractivity contribution < 1.29 is 27.4 Å². The first-order valence-electron chi connectivity index (χ1n) is 10.0. The maximum Gasteiger partial charge on any atom is 0.259 e. The van der Waals surface area contributed by atoms with Gasteiger partial charge in [0.05, 0.1) is 24.1 Å². The number of pyridine rings is 1. The molecule has 0 saturated heterocycles. The second kappa shape index (κ2) is 9.82. The summed E-state index contributed by atoms with van der Waals surface area (Å²) in [5.74, 6) is -1.04. The number of sulfonamides is 1. The summed E-state index contributed by atoms with van der Waals surface area (Å²) < 4.78 is 46.9. The van der Waals surface area contributed by atoms with Crippen molar-refractivity contribution in [2.75, 3.05) is 26.7 Å². The summed E-state index contributed by atoms with van der Waals surface area (Å²) in [5, 5.41) is 9.66. The molecule has 32 heavy (non-hydrogen) atoms. The molecule has 1 aliphatic rings. The molecule has 11 heteroatoms. The number of likely N-dealkylation sites (N-methyl/N-ethyl adjacent to an activating group) is 1. The predicted molar refractivity (Wildman–Crippen MR) is 119 cm³/mol. The molecule has 0 saturated carbocycles. The van der Waals surface area contributed by atoms with Gasteiger partial charge in [0, 0.05) is 30.2 Å². The Bertz CT molecular complexity index is 1080. The lowest BCUT2D eigenvalue weighted by Crippen LogP contribution is -2.50. The summed E-state index contributed by atoms with van der Waals surface area (Å²) in [7, 11) is -2.47. The van der Waals surface area contributed by atoms with E-state index in [9.17, 15) is 22.7 Å². The van der Waals surface area contributed by atoms with E-state index in [2.05, 4.69) is 20.9 Å². The van der Waals surface area contributed by atoms with Crippen LogP contribution >= 0.6 is 15.9 Å². The van der Waals surface area contributed by atoms with Gasteiger partial charge in [0.1, 0.15) is 17.5 Å². The summed E-state index contributed by atoms with van der Waals surface area (Å²) in [6.45, 7) is 3.59. The average Bonchev–Trinajstić information content (AvgIpc) is 2.76. The molecule has 174 valence electrons. The second-order valence-electron chi connectivity index (χ2n) is 7.87. The number of hydrogen-bond donors (Lipinski definition) is 1. The number of carbonyl (C=O) groups is 1. The van der Waals surface area contributed by atoms with Gasteiger partial charge < -0.3 is 14.7 Å². The van der Waals surface area contributed by atoms with Crippen molar-refractivity contribution in [1.29, 1.82) is 0 Å². The number of rotatable bonds is 6. The van der Waals surface area contributed by atoms with Crippen LogP contribution in [0.15, 0.2) is 45.9 Å². The Balaban J connectivity index is 1.94. The quantitative estimate of drug-likeness (QED) is 0.617. The van der Waals surface area contributed by atoms with Gasteiger partial charge >= 0.3 is 0 Å². The highest BCUT2D eigenvalue weighted by atomic mass is 79.9. The number of ether oxygens (including phenoxy) is 1. The molecule has 0 bridgehead atoms. The van der Waals surface area contributed by atoms with Gasteiger partial charge in [-0.1, -0.05) is 6.92 Å². The summed E-state index contributed by atoms with van der Waals surface area (Å²) in [6.07, 6.45) is 0.859. The third kappa shape index (κ3) is 5.11. The van der Waals surface area contributed by atoms with E-state index in [-0.39, 0.29) is 47.9 Å². The van der Waals surface area contributed by atoms with Gasteiger partial charge in [0.15, 0.2) is 0 Å². The minimum Gasteiger partial charge on any atom is -0.472 e. The van der Waals surface area contributed by atoms with Crippen molar-refractivity contribution in [1.82, 2.24) is 14.2 Å². The fraction of sp³-hybridized carbons (Fsp3) is 0.429. The van der Waals surface area contributed by atoms with Gasteiger partial charge in [-0.05, 0) is 53.2 Å². The first kappa shape index (κ1) is 24.6. The van der Waals surface area contributed by atoms with E-state index in [1.807, 2.05) is 6.92 Å². The van der Waals surface area contributed by atoms with Crippen molar-refractivity contribution in [3.63, 3.8) is 0 Å². The van der Waals surface area contributed by atoms with E-state index in [0.29, 0.717) is 4.47 Å². The van der Waals surface area contributed by atoms with Gasteiger partial charge in [-0.3, -0.25) is 4.79 Å². The number of amides is 1. The maximum atomic E-state index is 13.2. The van der Waals surface area contributed by atoms with Gasteiger partial charge in [0.2, 0.25) is 15.9 Å². The Morgan fingerprint density at radius 1 is 1.38 bits per heavy atom. The summed E-state index contributed by atoms with van der Waals surface area (Å²) in [4.78, 5) is 18.9. The molecule has 1 aromatic heterocycles. The third-order valence-electron chi connectivity index (χ3n) is 5.45. The highest BCUT2D eigenvalue weighted by Gasteiger charge is 2.35. The first-order chi connectivity index (χ1) is 15.0. The maximum absolute atomic E-state index is 13.2. The summed E-state index contributed by atoms with van der Waals surface area (Å²) in [6, 6.07) is 5.74. The fourth-order valence-corrected chi connectivity index (χ4v) is 4.95. The molecule has 0 unspecified atom stereocenters. The molecule has 2 heterocycles. The van der Waals surface area contributed by atoms with Crippen molar-refractivity contribution >= 4 is 31.9 Å². The second-order valence-corrected chi connectivity index (χ2v) is 10.8. The van der Waals surface area contributed by atoms with Crippen LogP contribution in [-0.2, 0) is 10.0 Å². The van der Waals surface area contributed by atoms with Crippen LogP contribution in [0.4, 0.5) is 4.39 Å². The number of benzene rings is 1. The lowest BCUT2D eigenvalue weighted by molar-refractivity contribution is 0.0373. The summed E-state index contributed by atoms with van der Waals surface area (Å²) in [5.41, 5.74) is 0.223. The third-order valence-corrected chi connectivity index (χ3v) is 7.72. The largest absolute Gasteiger partial charge is 0.472 e. The normalized spacial score (nSPS) is 20.3. The molecule has 8 nitrogen and oxygen atoms in total. The highest BCUT2D eigenvalue weighted by molar-refractivity contribution is 9.10. The van der Waals surface area contributed by atoms with Crippen LogP contribution < -0.4 is 4.74 Å². The minimum absolute atomic E-state index is 0.0202. The van der Waals surface area contributed by atoms with E-state index in [4.69, 9.17) is 4.74 Å². The molecule has 1 aliphatic heterocycles. The molecule has 0 spiro atoms. The van der Waals surface area contributed by atoms with Crippen molar-refractivity contribution in [3.05, 3.63) is 52.4 Å². The molecule has 1 N–H and O–H groups in total. The van der Waals surface area contributed by atoms with Crippen LogP contribution in [-0.4, -0.2) is 72.5 Å². The molecule has 3 atom stereocenters. The Labute approximate surface area is 195 Å². The average molecular weight is 530 g/mol. The molecular formula is C21H25BrFN3O5S. The zero-order valence-electron chi connectivity index (χ0n) is 17.9. The Kier molecular flexibility index (Phi) is 7.53. The van der Waals surface area contributed by atoms with Crippen LogP contribution in [0.2, 0.25) is 0 Å². The zero-order valence-corrected chi connectivity index (χ0v) is 20.3.